The molecule has 4 nitrogen and oxygen atoms in total. The molecular weight excluding hydrogens is 212 g/mol. The van der Waals surface area contributed by atoms with Gasteiger partial charge in [0.25, 0.3) is 0 Å². The Hall–Kier alpha value is -1.32. The molecule has 0 bridgehead atoms. The summed E-state index contributed by atoms with van der Waals surface area (Å²) in [5.74, 6) is 3.21. The Bertz CT molecular complexity index is 356. The zero-order valence-corrected chi connectivity index (χ0v) is 10.9. The van der Waals surface area contributed by atoms with E-state index in [-0.39, 0.29) is 0 Å². The molecule has 2 rings (SSSR count). The van der Waals surface area contributed by atoms with E-state index in [1.807, 2.05) is 13.1 Å². The van der Waals surface area contributed by atoms with Crippen LogP contribution in [0.1, 0.15) is 33.1 Å². The van der Waals surface area contributed by atoms with Gasteiger partial charge in [0.1, 0.15) is 5.82 Å². The van der Waals surface area contributed by atoms with Gasteiger partial charge < -0.3 is 10.6 Å². The largest absolute Gasteiger partial charge is 0.367 e. The molecule has 0 amide bonds. The molecule has 2 N–H and O–H groups in total. The average molecular weight is 234 g/mol. The number of rotatable bonds is 3. The first-order chi connectivity index (χ1) is 8.17. The summed E-state index contributed by atoms with van der Waals surface area (Å²) < 4.78 is 0. The number of anilines is 2. The van der Waals surface area contributed by atoms with Crippen molar-refractivity contribution in [3.63, 3.8) is 0 Å². The standard InChI is InChI=1S/C13H22N4/c1-9-6-10(2)8-11(7-9)16-12-4-5-15-13(14-3)17-12/h4-5,9-11H,6-8H2,1-3H3,(H2,14,15,16,17). The highest BCUT2D eigenvalue weighted by Crippen LogP contribution is 2.30. The first-order valence-electron chi connectivity index (χ1n) is 6.44. The molecule has 0 saturated heterocycles. The lowest BCUT2D eigenvalue weighted by Gasteiger charge is -2.32. The minimum Gasteiger partial charge on any atom is -0.367 e. The quantitative estimate of drug-likeness (QED) is 0.844. The maximum Gasteiger partial charge on any atom is 0.224 e. The SMILES string of the molecule is CNc1nccc(NC2CC(C)CC(C)C2)n1. The lowest BCUT2D eigenvalue weighted by Crippen LogP contribution is -2.30. The number of nitrogens with one attached hydrogen (secondary N) is 2. The van der Waals surface area contributed by atoms with Crippen molar-refractivity contribution in [3.8, 4) is 0 Å². The first-order valence-corrected chi connectivity index (χ1v) is 6.44. The van der Waals surface area contributed by atoms with Crippen LogP contribution in [-0.2, 0) is 0 Å². The Morgan fingerprint density at radius 3 is 2.53 bits per heavy atom. The molecule has 2 unspecified atom stereocenters. The van der Waals surface area contributed by atoms with E-state index in [1.54, 1.807) is 6.20 Å². The molecule has 1 saturated carbocycles. The first kappa shape index (κ1) is 12.1. The van der Waals surface area contributed by atoms with Crippen molar-refractivity contribution in [2.24, 2.45) is 11.8 Å². The number of hydrogen-bond acceptors (Lipinski definition) is 4. The van der Waals surface area contributed by atoms with Crippen LogP contribution in [0, 0.1) is 11.8 Å². The third-order valence-electron chi connectivity index (χ3n) is 3.41. The molecule has 0 aromatic carbocycles. The molecule has 1 heterocycles. The van der Waals surface area contributed by atoms with Crippen LogP contribution in [-0.4, -0.2) is 23.1 Å². The van der Waals surface area contributed by atoms with Crippen LogP contribution in [0.15, 0.2) is 12.3 Å². The third kappa shape index (κ3) is 3.32. The lowest BCUT2D eigenvalue weighted by atomic mass is 9.80. The monoisotopic (exact) mass is 234 g/mol. The highest BCUT2D eigenvalue weighted by molar-refractivity contribution is 5.40. The topological polar surface area (TPSA) is 49.8 Å². The summed E-state index contributed by atoms with van der Waals surface area (Å²) in [5.41, 5.74) is 0. The van der Waals surface area contributed by atoms with Gasteiger partial charge >= 0.3 is 0 Å². The predicted octanol–water partition coefficient (Wildman–Crippen LogP) is 2.75. The third-order valence-corrected chi connectivity index (χ3v) is 3.41. The van der Waals surface area contributed by atoms with Gasteiger partial charge in [-0.15, -0.1) is 0 Å². The van der Waals surface area contributed by atoms with Gasteiger partial charge in [-0.3, -0.25) is 0 Å². The second-order valence-electron chi connectivity index (χ2n) is 5.27. The fraction of sp³-hybridized carbons (Fsp3) is 0.692. The minimum atomic E-state index is 0.549. The molecule has 1 fully saturated rings. The maximum absolute atomic E-state index is 4.40. The minimum absolute atomic E-state index is 0.549. The predicted molar refractivity (Wildman–Crippen MR) is 71.2 cm³/mol. The van der Waals surface area contributed by atoms with Gasteiger partial charge in [-0.2, -0.15) is 4.98 Å². The normalized spacial score (nSPS) is 28.8. The lowest BCUT2D eigenvalue weighted by molar-refractivity contribution is 0.280. The van der Waals surface area contributed by atoms with Gasteiger partial charge in [0.05, 0.1) is 0 Å². The molecule has 1 aliphatic rings. The van der Waals surface area contributed by atoms with E-state index in [0.29, 0.717) is 12.0 Å². The molecule has 17 heavy (non-hydrogen) atoms. The summed E-state index contributed by atoms with van der Waals surface area (Å²) in [6, 6.07) is 2.48. The molecule has 0 spiro atoms. The Labute approximate surface area is 103 Å². The molecule has 0 aliphatic heterocycles. The van der Waals surface area contributed by atoms with E-state index >= 15 is 0 Å². The molecule has 4 heteroatoms. The van der Waals surface area contributed by atoms with Crippen molar-refractivity contribution in [3.05, 3.63) is 12.3 Å². The molecule has 94 valence electrons. The Kier molecular flexibility index (Phi) is 3.82. The Morgan fingerprint density at radius 2 is 1.88 bits per heavy atom. The van der Waals surface area contributed by atoms with Gasteiger partial charge in [0, 0.05) is 19.3 Å². The van der Waals surface area contributed by atoms with Crippen molar-refractivity contribution in [2.45, 2.75) is 39.2 Å². The average Bonchev–Trinajstić information content (AvgIpc) is 2.28. The highest BCUT2D eigenvalue weighted by atomic mass is 15.1. The van der Waals surface area contributed by atoms with E-state index in [0.717, 1.165) is 17.7 Å². The van der Waals surface area contributed by atoms with Gasteiger partial charge in [-0.25, -0.2) is 4.98 Å². The number of nitrogens with zero attached hydrogens (tertiary/aromatic N) is 2. The van der Waals surface area contributed by atoms with Crippen LogP contribution < -0.4 is 10.6 Å². The summed E-state index contributed by atoms with van der Waals surface area (Å²) in [5, 5.41) is 6.49. The summed E-state index contributed by atoms with van der Waals surface area (Å²) >= 11 is 0. The van der Waals surface area contributed by atoms with Crippen molar-refractivity contribution < 1.29 is 0 Å². The number of aromatic nitrogens is 2. The molecular formula is C13H22N4. The second-order valence-corrected chi connectivity index (χ2v) is 5.27. The summed E-state index contributed by atoms with van der Waals surface area (Å²) in [6.07, 6.45) is 5.62. The fourth-order valence-corrected chi connectivity index (χ4v) is 2.83. The van der Waals surface area contributed by atoms with Gasteiger partial charge in [0.15, 0.2) is 0 Å². The molecule has 2 atom stereocenters. The Balaban J connectivity index is 1.99. The van der Waals surface area contributed by atoms with Crippen LogP contribution in [0.25, 0.3) is 0 Å². The molecule has 1 aromatic rings. The molecule has 1 aliphatic carbocycles. The second kappa shape index (κ2) is 5.34. The number of hydrogen-bond donors (Lipinski definition) is 2. The van der Waals surface area contributed by atoms with Crippen molar-refractivity contribution in [1.82, 2.24) is 9.97 Å². The summed E-state index contributed by atoms with van der Waals surface area (Å²) in [6.45, 7) is 4.67. The van der Waals surface area contributed by atoms with E-state index in [2.05, 4.69) is 34.4 Å². The van der Waals surface area contributed by atoms with Gasteiger partial charge in [0.2, 0.25) is 5.95 Å². The summed E-state index contributed by atoms with van der Waals surface area (Å²) in [4.78, 5) is 8.52. The van der Waals surface area contributed by atoms with Crippen molar-refractivity contribution in [2.75, 3.05) is 17.7 Å². The van der Waals surface area contributed by atoms with E-state index in [4.69, 9.17) is 0 Å². The Morgan fingerprint density at radius 1 is 1.18 bits per heavy atom. The smallest absolute Gasteiger partial charge is 0.224 e. The van der Waals surface area contributed by atoms with Crippen LogP contribution >= 0.6 is 0 Å². The van der Waals surface area contributed by atoms with Gasteiger partial charge in [-0.1, -0.05) is 13.8 Å². The zero-order chi connectivity index (χ0) is 12.3. The molecule has 0 radical (unpaired) electrons. The fourth-order valence-electron chi connectivity index (χ4n) is 2.83. The van der Waals surface area contributed by atoms with Crippen LogP contribution in [0.5, 0.6) is 0 Å². The van der Waals surface area contributed by atoms with E-state index in [9.17, 15) is 0 Å². The van der Waals surface area contributed by atoms with Crippen LogP contribution in [0.4, 0.5) is 11.8 Å². The zero-order valence-electron chi connectivity index (χ0n) is 10.9. The van der Waals surface area contributed by atoms with E-state index in [1.165, 1.54) is 19.3 Å². The van der Waals surface area contributed by atoms with Crippen LogP contribution in [0.3, 0.4) is 0 Å². The van der Waals surface area contributed by atoms with Crippen molar-refractivity contribution >= 4 is 11.8 Å². The maximum atomic E-state index is 4.40. The van der Waals surface area contributed by atoms with Crippen molar-refractivity contribution in [1.29, 1.82) is 0 Å². The summed E-state index contributed by atoms with van der Waals surface area (Å²) in [7, 11) is 1.84. The molecule has 1 aromatic heterocycles. The van der Waals surface area contributed by atoms with E-state index < -0.39 is 0 Å². The van der Waals surface area contributed by atoms with Crippen LogP contribution in [0.2, 0.25) is 0 Å². The van der Waals surface area contributed by atoms with Gasteiger partial charge in [-0.05, 0) is 37.2 Å². The highest BCUT2D eigenvalue weighted by Gasteiger charge is 2.23.